The number of carbonyl (C=O) groups is 2. The van der Waals surface area contributed by atoms with Gasteiger partial charge in [0.1, 0.15) is 6.61 Å². The van der Waals surface area contributed by atoms with Gasteiger partial charge in [0.2, 0.25) is 0 Å². The molecule has 1 aromatic heterocycles. The molecule has 1 aliphatic heterocycles. The van der Waals surface area contributed by atoms with E-state index >= 15 is 0 Å². The number of fused-ring (bicyclic) bond motifs is 1. The van der Waals surface area contributed by atoms with Crippen LogP contribution >= 0.6 is 0 Å². The second-order valence-corrected chi connectivity index (χ2v) is 5.89. The normalized spacial score (nSPS) is 20.5. The fourth-order valence-electron chi connectivity index (χ4n) is 3.33. The maximum atomic E-state index is 11.4. The monoisotopic (exact) mass is 322 g/mol. The highest BCUT2D eigenvalue weighted by molar-refractivity contribution is 5.87. The molecule has 23 heavy (non-hydrogen) atoms. The zero-order valence-electron chi connectivity index (χ0n) is 13.2. The number of aromatic carboxylic acids is 1. The Bertz CT molecular complexity index is 613. The van der Waals surface area contributed by atoms with Gasteiger partial charge in [0.15, 0.2) is 5.69 Å². The van der Waals surface area contributed by atoms with Gasteiger partial charge in [0.25, 0.3) is 0 Å². The number of rotatable bonds is 6. The highest BCUT2D eigenvalue weighted by atomic mass is 16.6. The van der Waals surface area contributed by atoms with Gasteiger partial charge in [0, 0.05) is 36.9 Å². The fraction of sp³-hybridized carbons (Fsp3) is 0.667. The van der Waals surface area contributed by atoms with E-state index in [1.165, 1.54) is 0 Å². The summed E-state index contributed by atoms with van der Waals surface area (Å²) in [5.74, 6) is -0.964. The molecule has 0 bridgehead atoms. The van der Waals surface area contributed by atoms with Crippen molar-refractivity contribution >= 4 is 12.1 Å². The number of carbonyl (C=O) groups excluding carboxylic acids is 1. The van der Waals surface area contributed by atoms with Crippen molar-refractivity contribution in [3.05, 3.63) is 17.0 Å². The number of hydrogen-bond acceptors (Lipinski definition) is 5. The largest absolute Gasteiger partial charge is 0.476 e. The molecule has 0 unspecified atom stereocenters. The van der Waals surface area contributed by atoms with Gasteiger partial charge in [-0.1, -0.05) is 0 Å². The standard InChI is InChI=1S/C15H22N4O4/c1-2-19-12-4-3-10(9-11(12)13(17-19)14(20)21)16-5-6-18-7-8-23-15(18)22/h10,16H,2-9H2,1H3,(H,20,21)/t10-/m0/s1. The lowest BCUT2D eigenvalue weighted by Crippen LogP contribution is -2.40. The minimum absolute atomic E-state index is 0.177. The minimum Gasteiger partial charge on any atom is -0.476 e. The molecule has 8 nitrogen and oxygen atoms in total. The summed E-state index contributed by atoms with van der Waals surface area (Å²) in [5, 5.41) is 17.0. The number of aryl methyl sites for hydroxylation is 1. The van der Waals surface area contributed by atoms with E-state index in [4.69, 9.17) is 4.74 Å². The summed E-state index contributed by atoms with van der Waals surface area (Å²) in [6.07, 6.45) is 2.19. The summed E-state index contributed by atoms with van der Waals surface area (Å²) < 4.78 is 6.70. The molecule has 1 aliphatic carbocycles. The predicted octanol–water partition coefficient (Wildman–Crippen LogP) is 0.500. The number of carboxylic acids is 1. The molecule has 1 atom stereocenters. The van der Waals surface area contributed by atoms with E-state index in [1.807, 2.05) is 6.92 Å². The molecular weight excluding hydrogens is 300 g/mol. The van der Waals surface area contributed by atoms with E-state index in [1.54, 1.807) is 9.58 Å². The van der Waals surface area contributed by atoms with E-state index in [2.05, 4.69) is 10.4 Å². The van der Waals surface area contributed by atoms with E-state index in [-0.39, 0.29) is 17.8 Å². The lowest BCUT2D eigenvalue weighted by atomic mass is 9.91. The van der Waals surface area contributed by atoms with Gasteiger partial charge in [-0.25, -0.2) is 9.59 Å². The molecule has 1 aromatic rings. The molecular formula is C15H22N4O4. The Kier molecular flexibility index (Phi) is 4.51. The van der Waals surface area contributed by atoms with E-state index in [0.717, 1.165) is 24.1 Å². The summed E-state index contributed by atoms with van der Waals surface area (Å²) in [4.78, 5) is 24.4. The van der Waals surface area contributed by atoms with Gasteiger partial charge in [-0.15, -0.1) is 0 Å². The Morgan fingerprint density at radius 1 is 1.52 bits per heavy atom. The van der Waals surface area contributed by atoms with Crippen LogP contribution in [0.15, 0.2) is 0 Å². The molecule has 1 amide bonds. The predicted molar refractivity (Wildman–Crippen MR) is 81.6 cm³/mol. The van der Waals surface area contributed by atoms with Crippen LogP contribution in [0.3, 0.4) is 0 Å². The molecule has 2 N–H and O–H groups in total. The molecule has 8 heteroatoms. The smallest absolute Gasteiger partial charge is 0.409 e. The first-order valence-electron chi connectivity index (χ1n) is 8.07. The van der Waals surface area contributed by atoms with E-state index < -0.39 is 5.97 Å². The lowest BCUT2D eigenvalue weighted by Gasteiger charge is -2.25. The van der Waals surface area contributed by atoms with Gasteiger partial charge < -0.3 is 20.1 Å². The zero-order valence-corrected chi connectivity index (χ0v) is 13.2. The van der Waals surface area contributed by atoms with Crippen LogP contribution in [0.4, 0.5) is 4.79 Å². The first kappa shape index (κ1) is 15.8. The first-order chi connectivity index (χ1) is 11.1. The molecule has 2 heterocycles. The van der Waals surface area contributed by atoms with Crippen LogP contribution in [-0.4, -0.2) is 64.1 Å². The maximum absolute atomic E-state index is 11.4. The van der Waals surface area contributed by atoms with Gasteiger partial charge in [-0.2, -0.15) is 5.10 Å². The lowest BCUT2D eigenvalue weighted by molar-refractivity contribution is 0.0688. The molecule has 0 aromatic carbocycles. The van der Waals surface area contributed by atoms with Gasteiger partial charge >= 0.3 is 12.1 Å². The zero-order chi connectivity index (χ0) is 16.4. The Morgan fingerprint density at radius 2 is 2.35 bits per heavy atom. The second kappa shape index (κ2) is 6.57. The molecule has 3 rings (SSSR count). The molecule has 2 aliphatic rings. The van der Waals surface area contributed by atoms with Crippen molar-refractivity contribution in [1.82, 2.24) is 20.0 Å². The fourth-order valence-corrected chi connectivity index (χ4v) is 3.33. The van der Waals surface area contributed by atoms with Crippen LogP contribution in [0.2, 0.25) is 0 Å². The topological polar surface area (TPSA) is 96.7 Å². The van der Waals surface area contributed by atoms with Crippen LogP contribution in [0.5, 0.6) is 0 Å². The molecule has 0 saturated carbocycles. The van der Waals surface area contributed by atoms with Crippen molar-refractivity contribution < 1.29 is 19.4 Å². The average Bonchev–Trinajstić information content (AvgIpc) is 3.10. The third-order valence-corrected chi connectivity index (χ3v) is 4.51. The number of ether oxygens (including phenoxy) is 1. The third kappa shape index (κ3) is 3.17. The number of aromatic nitrogens is 2. The quantitative estimate of drug-likeness (QED) is 0.792. The Labute approximate surface area is 134 Å². The third-order valence-electron chi connectivity index (χ3n) is 4.51. The number of nitrogens with zero attached hydrogens (tertiary/aromatic N) is 3. The van der Waals surface area contributed by atoms with Crippen molar-refractivity contribution in [3.8, 4) is 0 Å². The van der Waals surface area contributed by atoms with Gasteiger partial charge in [-0.3, -0.25) is 4.68 Å². The Balaban J connectivity index is 1.60. The number of cyclic esters (lactones) is 1. The van der Waals surface area contributed by atoms with Gasteiger partial charge in [-0.05, 0) is 26.2 Å². The number of carboxylic acid groups (broad SMARTS) is 1. The summed E-state index contributed by atoms with van der Waals surface area (Å²) in [7, 11) is 0. The van der Waals surface area contributed by atoms with E-state index in [0.29, 0.717) is 39.2 Å². The number of hydrogen-bond donors (Lipinski definition) is 2. The van der Waals surface area contributed by atoms with Crippen molar-refractivity contribution in [2.45, 2.75) is 38.8 Å². The molecule has 1 fully saturated rings. The van der Waals surface area contributed by atoms with Crippen molar-refractivity contribution in [2.24, 2.45) is 0 Å². The average molecular weight is 322 g/mol. The van der Waals surface area contributed by atoms with Crippen LogP contribution < -0.4 is 5.32 Å². The summed E-state index contributed by atoms with van der Waals surface area (Å²) in [6.45, 7) is 5.05. The maximum Gasteiger partial charge on any atom is 0.409 e. The summed E-state index contributed by atoms with van der Waals surface area (Å²) >= 11 is 0. The van der Waals surface area contributed by atoms with Crippen molar-refractivity contribution in [2.75, 3.05) is 26.2 Å². The summed E-state index contributed by atoms with van der Waals surface area (Å²) in [5.41, 5.74) is 2.08. The highest BCUT2D eigenvalue weighted by Crippen LogP contribution is 2.25. The second-order valence-electron chi connectivity index (χ2n) is 5.89. The van der Waals surface area contributed by atoms with Crippen LogP contribution in [0.25, 0.3) is 0 Å². The van der Waals surface area contributed by atoms with Crippen LogP contribution in [-0.2, 0) is 24.1 Å². The van der Waals surface area contributed by atoms with Crippen LogP contribution in [0.1, 0.15) is 35.1 Å². The number of amides is 1. The molecule has 0 spiro atoms. The van der Waals surface area contributed by atoms with Crippen molar-refractivity contribution in [1.29, 1.82) is 0 Å². The first-order valence-corrected chi connectivity index (χ1v) is 8.07. The highest BCUT2D eigenvalue weighted by Gasteiger charge is 2.29. The Hall–Kier alpha value is -2.09. The van der Waals surface area contributed by atoms with Crippen molar-refractivity contribution in [3.63, 3.8) is 0 Å². The minimum atomic E-state index is -0.964. The van der Waals surface area contributed by atoms with Gasteiger partial charge in [0.05, 0.1) is 6.54 Å². The molecule has 1 saturated heterocycles. The number of nitrogens with one attached hydrogen (secondary N) is 1. The molecule has 126 valence electrons. The molecule has 0 radical (unpaired) electrons. The SMILES string of the molecule is CCn1nc(C(=O)O)c2c1CC[C@H](NCCN1CCOC1=O)C2. The van der Waals surface area contributed by atoms with Crippen LogP contribution in [0, 0.1) is 0 Å². The Morgan fingerprint density at radius 3 is 3.00 bits per heavy atom. The van der Waals surface area contributed by atoms with E-state index in [9.17, 15) is 14.7 Å². The summed E-state index contributed by atoms with van der Waals surface area (Å²) in [6, 6.07) is 0.216.